The van der Waals surface area contributed by atoms with Crippen LogP contribution in [0.25, 0.3) is 110 Å². The van der Waals surface area contributed by atoms with Crippen LogP contribution in [-0.4, -0.2) is 0 Å². The molecule has 0 saturated heterocycles. The van der Waals surface area contributed by atoms with Crippen molar-refractivity contribution in [2.75, 3.05) is 0 Å². The van der Waals surface area contributed by atoms with Gasteiger partial charge in [-0.3, -0.25) is 0 Å². The van der Waals surface area contributed by atoms with Crippen molar-refractivity contribution < 1.29 is 4.42 Å². The summed E-state index contributed by atoms with van der Waals surface area (Å²) in [5.41, 5.74) is 16.9. The second-order valence-electron chi connectivity index (χ2n) is 16.3. The molecule has 0 saturated carbocycles. The predicted molar refractivity (Wildman–Crippen MR) is 242 cm³/mol. The Labute approximate surface area is 334 Å². The summed E-state index contributed by atoms with van der Waals surface area (Å²) in [6, 6.07) is 72.8. The van der Waals surface area contributed by atoms with E-state index in [0.29, 0.717) is 0 Å². The molecule has 2 aliphatic rings. The van der Waals surface area contributed by atoms with E-state index in [1.807, 2.05) is 6.07 Å². The molecule has 1 heteroatoms. The Hall–Kier alpha value is -7.48. The van der Waals surface area contributed by atoms with Gasteiger partial charge in [0.1, 0.15) is 11.2 Å². The van der Waals surface area contributed by atoms with Crippen molar-refractivity contribution in [2.45, 2.75) is 5.41 Å². The molecule has 0 amide bonds. The highest BCUT2D eigenvalue weighted by Gasteiger charge is 2.53. The van der Waals surface area contributed by atoms with Crippen LogP contribution < -0.4 is 0 Å². The van der Waals surface area contributed by atoms with Gasteiger partial charge in [-0.25, -0.2) is 0 Å². The highest BCUT2D eigenvalue weighted by molar-refractivity contribution is 6.25. The molecule has 0 fully saturated rings. The van der Waals surface area contributed by atoms with E-state index in [4.69, 9.17) is 4.42 Å². The molecule has 0 aliphatic heterocycles. The van der Waals surface area contributed by atoms with Crippen molar-refractivity contribution >= 4 is 65.0 Å². The number of hydrogen-bond acceptors (Lipinski definition) is 1. The highest BCUT2D eigenvalue weighted by Crippen LogP contribution is 2.66. The molecule has 0 unspecified atom stereocenters. The molecule has 14 rings (SSSR count). The zero-order chi connectivity index (χ0) is 37.7. The van der Waals surface area contributed by atoms with Crippen molar-refractivity contribution in [2.24, 2.45) is 0 Å². The third kappa shape index (κ3) is 3.72. The van der Waals surface area contributed by atoms with E-state index in [1.54, 1.807) is 0 Å². The van der Waals surface area contributed by atoms with Crippen LogP contribution in [0.15, 0.2) is 199 Å². The van der Waals surface area contributed by atoms with Crippen LogP contribution in [0.2, 0.25) is 0 Å². The maximum atomic E-state index is 6.34. The number of benzene rings is 11. The largest absolute Gasteiger partial charge is 0.456 e. The number of rotatable bonds is 2. The topological polar surface area (TPSA) is 13.1 Å². The van der Waals surface area contributed by atoms with Crippen molar-refractivity contribution in [1.29, 1.82) is 0 Å². The van der Waals surface area contributed by atoms with E-state index in [0.717, 1.165) is 21.9 Å². The first kappa shape index (κ1) is 30.7. The summed E-state index contributed by atoms with van der Waals surface area (Å²) in [7, 11) is 0. The smallest absolute Gasteiger partial charge is 0.135 e. The van der Waals surface area contributed by atoms with Crippen molar-refractivity contribution in [3.8, 4) is 44.5 Å². The average molecular weight is 733 g/mol. The maximum Gasteiger partial charge on any atom is 0.135 e. The molecular formula is C57H32O. The molecule has 0 radical (unpaired) electrons. The van der Waals surface area contributed by atoms with Gasteiger partial charge in [0.05, 0.1) is 5.41 Å². The fourth-order valence-corrected chi connectivity index (χ4v) is 11.3. The maximum absolute atomic E-state index is 6.34. The third-order valence-corrected chi connectivity index (χ3v) is 13.6. The summed E-state index contributed by atoms with van der Waals surface area (Å²) in [5, 5.41) is 12.7. The third-order valence-electron chi connectivity index (χ3n) is 13.6. The molecule has 1 heterocycles. The van der Waals surface area contributed by atoms with Crippen LogP contribution in [0, 0.1) is 0 Å². The van der Waals surface area contributed by atoms with Crippen LogP contribution in [-0.2, 0) is 5.41 Å². The Bertz CT molecular complexity index is 3690. The molecule has 11 aromatic carbocycles. The lowest BCUT2D eigenvalue weighted by Gasteiger charge is -2.32. The Morgan fingerprint density at radius 2 is 0.914 bits per heavy atom. The van der Waals surface area contributed by atoms with Gasteiger partial charge in [-0.2, -0.15) is 0 Å². The number of fused-ring (bicyclic) bond motifs is 15. The Morgan fingerprint density at radius 3 is 1.74 bits per heavy atom. The van der Waals surface area contributed by atoms with Gasteiger partial charge in [-0.05, 0) is 140 Å². The molecule has 0 atom stereocenters. The minimum absolute atomic E-state index is 0.528. The first-order chi connectivity index (χ1) is 28.8. The van der Waals surface area contributed by atoms with E-state index in [9.17, 15) is 0 Å². The average Bonchev–Trinajstić information content (AvgIpc) is 3.92. The lowest BCUT2D eigenvalue weighted by atomic mass is 9.68. The SMILES string of the molecule is c1ccc2c(c1)-c1ccccc1C21c2cc(-c3ccc4ccc5cccc6ccc3c4c56)ccc2-c2c(-c3ccc4oc5ccccc5c4c3)cc3ccccc3c21. The van der Waals surface area contributed by atoms with Gasteiger partial charge in [0.25, 0.3) is 0 Å². The van der Waals surface area contributed by atoms with E-state index >= 15 is 0 Å². The Kier molecular flexibility index (Phi) is 5.76. The van der Waals surface area contributed by atoms with Crippen LogP contribution in [0.4, 0.5) is 0 Å². The first-order valence-corrected chi connectivity index (χ1v) is 20.2. The number of furan rings is 1. The molecule has 0 N–H and O–H groups in total. The van der Waals surface area contributed by atoms with Crippen LogP contribution in [0.5, 0.6) is 0 Å². The Morgan fingerprint density at radius 1 is 0.310 bits per heavy atom. The highest BCUT2D eigenvalue weighted by atomic mass is 16.3. The van der Waals surface area contributed by atoms with E-state index in [2.05, 4.69) is 188 Å². The molecule has 1 nitrogen and oxygen atoms in total. The predicted octanol–water partition coefficient (Wildman–Crippen LogP) is 15.3. The molecule has 266 valence electrons. The standard InChI is InChI=1S/C57H32O/c1-2-13-40-36(10-1)30-46(37-25-29-52-47(31-37)43-16-5-8-19-51(43)58-52)55-45-28-24-38(39-26-22-35-21-20-33-11-9-12-34-23-27-44(39)54(35)53(33)34)32-50(45)57(56(40)55)48-17-6-3-14-41(48)42-15-4-7-18-49(42)57/h1-32H. The summed E-state index contributed by atoms with van der Waals surface area (Å²) in [6.45, 7) is 0. The normalized spacial score (nSPS) is 13.7. The van der Waals surface area contributed by atoms with E-state index in [1.165, 1.54) is 110 Å². The molecule has 2 aliphatic carbocycles. The van der Waals surface area contributed by atoms with Gasteiger partial charge in [0, 0.05) is 10.8 Å². The summed E-state index contributed by atoms with van der Waals surface area (Å²) in [6.07, 6.45) is 0. The zero-order valence-corrected chi connectivity index (χ0v) is 31.4. The fourth-order valence-electron chi connectivity index (χ4n) is 11.3. The van der Waals surface area contributed by atoms with Crippen molar-refractivity contribution in [1.82, 2.24) is 0 Å². The second kappa shape index (κ2) is 10.9. The Balaban J connectivity index is 1.13. The van der Waals surface area contributed by atoms with E-state index < -0.39 is 5.41 Å². The number of hydrogen-bond donors (Lipinski definition) is 0. The van der Waals surface area contributed by atoms with Gasteiger partial charge in [0.2, 0.25) is 0 Å². The molecule has 1 aromatic heterocycles. The van der Waals surface area contributed by atoms with Crippen LogP contribution in [0.1, 0.15) is 22.3 Å². The summed E-state index contributed by atoms with van der Waals surface area (Å²) < 4.78 is 6.34. The van der Waals surface area contributed by atoms with E-state index in [-0.39, 0.29) is 0 Å². The summed E-state index contributed by atoms with van der Waals surface area (Å²) in [4.78, 5) is 0. The van der Waals surface area contributed by atoms with Gasteiger partial charge in [0.15, 0.2) is 0 Å². The lowest BCUT2D eigenvalue weighted by Crippen LogP contribution is -2.26. The number of para-hydroxylation sites is 1. The van der Waals surface area contributed by atoms with Crippen LogP contribution >= 0.6 is 0 Å². The summed E-state index contributed by atoms with van der Waals surface area (Å²) in [5.74, 6) is 0. The second-order valence-corrected chi connectivity index (χ2v) is 16.3. The minimum atomic E-state index is -0.528. The zero-order valence-electron chi connectivity index (χ0n) is 31.4. The first-order valence-electron chi connectivity index (χ1n) is 20.2. The lowest BCUT2D eigenvalue weighted by molar-refractivity contribution is 0.669. The van der Waals surface area contributed by atoms with Gasteiger partial charge in [-0.1, -0.05) is 164 Å². The van der Waals surface area contributed by atoms with Crippen molar-refractivity contribution in [3.63, 3.8) is 0 Å². The summed E-state index contributed by atoms with van der Waals surface area (Å²) >= 11 is 0. The van der Waals surface area contributed by atoms with Gasteiger partial charge in [-0.15, -0.1) is 0 Å². The van der Waals surface area contributed by atoms with Gasteiger partial charge >= 0.3 is 0 Å². The quantitative estimate of drug-likeness (QED) is 0.161. The molecule has 1 spiro atoms. The van der Waals surface area contributed by atoms with Crippen molar-refractivity contribution in [3.05, 3.63) is 216 Å². The minimum Gasteiger partial charge on any atom is -0.456 e. The molecule has 0 bridgehead atoms. The molecule has 12 aromatic rings. The monoisotopic (exact) mass is 732 g/mol. The molecule has 58 heavy (non-hydrogen) atoms. The van der Waals surface area contributed by atoms with Gasteiger partial charge < -0.3 is 4.42 Å². The van der Waals surface area contributed by atoms with Crippen LogP contribution in [0.3, 0.4) is 0 Å². The fraction of sp³-hybridized carbons (Fsp3) is 0.0175. The molecular weight excluding hydrogens is 701 g/mol.